The summed E-state index contributed by atoms with van der Waals surface area (Å²) in [4.78, 5) is 22.4. The molecule has 6 nitrogen and oxygen atoms in total. The molecule has 0 aromatic heterocycles. The molecular weight excluding hydrogens is 204 g/mol. The van der Waals surface area contributed by atoms with Gasteiger partial charge in [0.25, 0.3) is 12.2 Å². The van der Waals surface area contributed by atoms with Gasteiger partial charge in [0.1, 0.15) is 5.57 Å². The molecule has 2 aliphatic rings. The van der Waals surface area contributed by atoms with Gasteiger partial charge in [0.2, 0.25) is 0 Å². The van der Waals surface area contributed by atoms with Gasteiger partial charge in [-0.1, -0.05) is 0 Å². The molecule has 0 radical (unpaired) electrons. The molecule has 1 saturated heterocycles. The minimum Gasteiger partial charge on any atom is -0.468 e. The molecule has 0 N–H and O–H groups in total. The number of carbonyl (C=O) groups is 2. The van der Waals surface area contributed by atoms with Crippen molar-refractivity contribution in [2.75, 3.05) is 14.2 Å². The zero-order chi connectivity index (χ0) is 11.0. The number of hydrogen-bond donors (Lipinski definition) is 0. The lowest BCUT2D eigenvalue weighted by Crippen LogP contribution is -2.17. The Bertz CT molecular complexity index is 345. The van der Waals surface area contributed by atoms with Crippen molar-refractivity contribution in [3.8, 4) is 0 Å². The quantitative estimate of drug-likeness (QED) is 0.599. The van der Waals surface area contributed by atoms with E-state index in [9.17, 15) is 9.59 Å². The van der Waals surface area contributed by atoms with Crippen LogP contribution in [-0.2, 0) is 28.5 Å². The molecule has 6 heteroatoms. The maximum Gasteiger partial charge on any atom is 0.341 e. The van der Waals surface area contributed by atoms with E-state index in [0.717, 1.165) is 0 Å². The van der Waals surface area contributed by atoms with E-state index >= 15 is 0 Å². The fraction of sp³-hybridized carbons (Fsp3) is 0.556. The highest BCUT2D eigenvalue weighted by Gasteiger charge is 2.49. The van der Waals surface area contributed by atoms with Crippen molar-refractivity contribution in [2.24, 2.45) is 5.92 Å². The lowest BCUT2D eigenvalue weighted by atomic mass is 9.99. The number of esters is 2. The van der Waals surface area contributed by atoms with Crippen LogP contribution in [0.4, 0.5) is 0 Å². The summed E-state index contributed by atoms with van der Waals surface area (Å²) in [5.74, 6) is -1.29. The minimum atomic E-state index is -0.749. The molecule has 15 heavy (non-hydrogen) atoms. The second-order valence-electron chi connectivity index (χ2n) is 3.18. The van der Waals surface area contributed by atoms with Gasteiger partial charge >= 0.3 is 11.9 Å². The van der Waals surface area contributed by atoms with Gasteiger partial charge in [-0.3, -0.25) is 4.79 Å². The molecular formula is C9H10O6. The number of ether oxygens (including phenoxy) is 4. The Hall–Kier alpha value is -1.72. The zero-order valence-electron chi connectivity index (χ0n) is 8.31. The van der Waals surface area contributed by atoms with Crippen LogP contribution in [-0.4, -0.2) is 32.4 Å². The molecule has 2 atom stereocenters. The molecule has 0 saturated carbocycles. The Morgan fingerprint density at radius 2 is 2.13 bits per heavy atom. The highest BCUT2D eigenvalue weighted by atomic mass is 16.8. The van der Waals surface area contributed by atoms with Gasteiger partial charge < -0.3 is 18.9 Å². The van der Waals surface area contributed by atoms with Crippen LogP contribution in [0.2, 0.25) is 0 Å². The third-order valence-corrected chi connectivity index (χ3v) is 2.37. The van der Waals surface area contributed by atoms with Crippen LogP contribution in [0.3, 0.4) is 0 Å². The molecule has 2 heterocycles. The monoisotopic (exact) mass is 214 g/mol. The van der Waals surface area contributed by atoms with E-state index < -0.39 is 18.2 Å². The normalized spacial score (nSPS) is 28.3. The fourth-order valence-electron chi connectivity index (χ4n) is 1.70. The first kappa shape index (κ1) is 9.82. The predicted octanol–water partition coefficient (Wildman–Crippen LogP) is -0.0632. The second kappa shape index (κ2) is 3.45. The van der Waals surface area contributed by atoms with Crippen molar-refractivity contribution in [3.05, 3.63) is 11.5 Å². The Morgan fingerprint density at radius 3 is 2.73 bits per heavy atom. The highest BCUT2D eigenvalue weighted by molar-refractivity contribution is 5.91. The third-order valence-electron chi connectivity index (χ3n) is 2.37. The van der Waals surface area contributed by atoms with E-state index in [1.165, 1.54) is 14.2 Å². The molecule has 0 amide bonds. The van der Waals surface area contributed by atoms with Crippen molar-refractivity contribution < 1.29 is 28.5 Å². The third kappa shape index (κ3) is 1.42. The van der Waals surface area contributed by atoms with E-state index in [1.807, 2.05) is 0 Å². The summed E-state index contributed by atoms with van der Waals surface area (Å²) in [6, 6.07) is 0. The van der Waals surface area contributed by atoms with Crippen molar-refractivity contribution in [3.63, 3.8) is 0 Å². The van der Waals surface area contributed by atoms with E-state index in [2.05, 4.69) is 4.74 Å². The van der Waals surface area contributed by atoms with Crippen LogP contribution in [0.25, 0.3) is 0 Å². The van der Waals surface area contributed by atoms with Crippen LogP contribution in [0.5, 0.6) is 0 Å². The molecule has 0 bridgehead atoms. The topological polar surface area (TPSA) is 71.1 Å². The highest BCUT2D eigenvalue weighted by Crippen LogP contribution is 2.39. The van der Waals surface area contributed by atoms with Crippen molar-refractivity contribution in [2.45, 2.75) is 12.7 Å². The summed E-state index contributed by atoms with van der Waals surface area (Å²) in [7, 11) is 2.63. The summed E-state index contributed by atoms with van der Waals surface area (Å²) >= 11 is 0. The van der Waals surface area contributed by atoms with E-state index in [1.54, 1.807) is 0 Å². The standard InChI is InChI=1S/C9H10O6/c1-12-7(11)6-4-3-5(10)14-8(4)15-9(6)13-2/h4,8H,3H2,1-2H3/t4-,8+/m1/s1. The summed E-state index contributed by atoms with van der Waals surface area (Å²) in [6.07, 6.45) is -0.636. The van der Waals surface area contributed by atoms with Gasteiger partial charge in [0.15, 0.2) is 0 Å². The maximum atomic E-state index is 11.4. The number of methoxy groups -OCH3 is 2. The SMILES string of the molecule is COC(=O)C1=C(OC)O[C@@H]2OC(=O)C[C@H]12. The average Bonchev–Trinajstić information content (AvgIpc) is 2.71. The van der Waals surface area contributed by atoms with Gasteiger partial charge in [0.05, 0.1) is 26.6 Å². The Labute approximate surface area is 85.7 Å². The number of rotatable bonds is 2. The first-order valence-electron chi connectivity index (χ1n) is 4.40. The molecule has 0 aliphatic carbocycles. The summed E-state index contributed by atoms with van der Waals surface area (Å²) in [5, 5.41) is 0. The van der Waals surface area contributed by atoms with Crippen LogP contribution in [0, 0.1) is 5.92 Å². The van der Waals surface area contributed by atoms with Crippen molar-refractivity contribution >= 4 is 11.9 Å². The lowest BCUT2D eigenvalue weighted by Gasteiger charge is -2.08. The van der Waals surface area contributed by atoms with Gasteiger partial charge in [-0.25, -0.2) is 4.79 Å². The van der Waals surface area contributed by atoms with Crippen LogP contribution in [0.15, 0.2) is 11.5 Å². The first-order valence-corrected chi connectivity index (χ1v) is 4.40. The van der Waals surface area contributed by atoms with Gasteiger partial charge in [-0.15, -0.1) is 0 Å². The van der Waals surface area contributed by atoms with Crippen LogP contribution < -0.4 is 0 Å². The van der Waals surface area contributed by atoms with Gasteiger partial charge in [-0.2, -0.15) is 0 Å². The first-order chi connectivity index (χ1) is 7.17. The van der Waals surface area contributed by atoms with E-state index in [-0.39, 0.29) is 23.9 Å². The minimum absolute atomic E-state index is 0.0735. The second-order valence-corrected chi connectivity index (χ2v) is 3.18. The zero-order valence-corrected chi connectivity index (χ0v) is 8.31. The molecule has 0 aromatic carbocycles. The molecule has 0 spiro atoms. The largest absolute Gasteiger partial charge is 0.468 e. The van der Waals surface area contributed by atoms with Crippen molar-refractivity contribution in [1.29, 1.82) is 0 Å². The maximum absolute atomic E-state index is 11.4. The van der Waals surface area contributed by atoms with E-state index in [0.29, 0.717) is 0 Å². The number of fused-ring (bicyclic) bond motifs is 1. The van der Waals surface area contributed by atoms with Gasteiger partial charge in [0, 0.05) is 0 Å². The smallest absolute Gasteiger partial charge is 0.341 e. The Balaban J connectivity index is 2.29. The van der Waals surface area contributed by atoms with Gasteiger partial charge in [-0.05, 0) is 0 Å². The molecule has 1 fully saturated rings. The Kier molecular flexibility index (Phi) is 2.26. The average molecular weight is 214 g/mol. The summed E-state index contributed by atoms with van der Waals surface area (Å²) in [6.45, 7) is 0. The van der Waals surface area contributed by atoms with E-state index in [4.69, 9.17) is 14.2 Å². The van der Waals surface area contributed by atoms with Crippen LogP contribution >= 0.6 is 0 Å². The molecule has 2 rings (SSSR count). The Morgan fingerprint density at radius 1 is 1.40 bits per heavy atom. The predicted molar refractivity (Wildman–Crippen MR) is 45.1 cm³/mol. The molecule has 2 aliphatic heterocycles. The summed E-state index contributed by atoms with van der Waals surface area (Å²) < 4.78 is 19.5. The van der Waals surface area contributed by atoms with Crippen molar-refractivity contribution in [1.82, 2.24) is 0 Å². The lowest BCUT2D eigenvalue weighted by molar-refractivity contribution is -0.161. The number of hydrogen-bond acceptors (Lipinski definition) is 6. The summed E-state index contributed by atoms with van der Waals surface area (Å²) in [5.41, 5.74) is 0.232. The van der Waals surface area contributed by atoms with Crippen LogP contribution in [0.1, 0.15) is 6.42 Å². The molecule has 82 valence electrons. The molecule has 0 unspecified atom stereocenters. The fourth-order valence-corrected chi connectivity index (χ4v) is 1.70. The molecule has 0 aromatic rings. The number of carbonyl (C=O) groups excluding carboxylic acids is 2.